The van der Waals surface area contributed by atoms with E-state index < -0.39 is 0 Å². The van der Waals surface area contributed by atoms with E-state index in [1.807, 2.05) is 13.8 Å². The summed E-state index contributed by atoms with van der Waals surface area (Å²) in [6, 6.07) is 5.94. The Morgan fingerprint density at radius 3 is 2.52 bits per heavy atom. The van der Waals surface area contributed by atoms with E-state index in [-0.39, 0.29) is 11.7 Å². The van der Waals surface area contributed by atoms with Crippen LogP contribution in [-0.2, 0) is 0 Å². The van der Waals surface area contributed by atoms with Crippen molar-refractivity contribution in [2.45, 2.75) is 20.8 Å². The average Bonchev–Trinajstić information content (AvgIpc) is 2.45. The van der Waals surface area contributed by atoms with E-state index in [9.17, 15) is 9.18 Å². The summed E-state index contributed by atoms with van der Waals surface area (Å²) < 4.78 is 12.9. The van der Waals surface area contributed by atoms with Gasteiger partial charge in [0.15, 0.2) is 5.82 Å². The summed E-state index contributed by atoms with van der Waals surface area (Å²) in [5.74, 6) is 0.383. The Hall–Kier alpha value is -2.30. The maximum Gasteiger partial charge on any atom is 0.254 e. The van der Waals surface area contributed by atoms with Crippen molar-refractivity contribution in [1.82, 2.24) is 15.3 Å². The van der Waals surface area contributed by atoms with Gasteiger partial charge in [-0.3, -0.25) is 4.79 Å². The second-order valence-electron chi connectivity index (χ2n) is 5.30. The first-order valence-electron chi connectivity index (χ1n) is 6.85. The zero-order valence-electron chi connectivity index (χ0n) is 12.4. The third-order valence-corrected chi connectivity index (χ3v) is 3.00. The minimum absolute atomic E-state index is 0.174. The molecule has 0 unspecified atom stereocenters. The van der Waals surface area contributed by atoms with Crippen LogP contribution in [0.4, 0.5) is 4.39 Å². The van der Waals surface area contributed by atoms with Gasteiger partial charge in [0, 0.05) is 18.3 Å². The van der Waals surface area contributed by atoms with Crippen LogP contribution < -0.4 is 5.32 Å². The first-order chi connectivity index (χ1) is 9.97. The molecule has 0 saturated heterocycles. The van der Waals surface area contributed by atoms with E-state index in [1.54, 1.807) is 19.1 Å². The van der Waals surface area contributed by atoms with Gasteiger partial charge in [0.2, 0.25) is 0 Å². The molecular formula is C16H18FN3O. The van der Waals surface area contributed by atoms with Gasteiger partial charge in [-0.1, -0.05) is 13.8 Å². The Kier molecular flexibility index (Phi) is 4.62. The fourth-order valence-electron chi connectivity index (χ4n) is 1.82. The second-order valence-corrected chi connectivity index (χ2v) is 5.30. The highest BCUT2D eigenvalue weighted by atomic mass is 19.1. The molecule has 5 heteroatoms. The summed E-state index contributed by atoms with van der Waals surface area (Å²) >= 11 is 0. The maximum absolute atomic E-state index is 12.9. The van der Waals surface area contributed by atoms with Crippen LogP contribution in [-0.4, -0.2) is 22.4 Å². The minimum Gasteiger partial charge on any atom is -0.352 e. The summed E-state index contributed by atoms with van der Waals surface area (Å²) in [4.78, 5) is 20.5. The van der Waals surface area contributed by atoms with Crippen LogP contribution in [0.5, 0.6) is 0 Å². The number of aromatic nitrogens is 2. The smallest absolute Gasteiger partial charge is 0.254 e. The van der Waals surface area contributed by atoms with Crippen molar-refractivity contribution in [3.63, 3.8) is 0 Å². The Balaban J connectivity index is 2.21. The molecule has 0 aliphatic carbocycles. The quantitative estimate of drug-likeness (QED) is 0.940. The molecule has 0 fully saturated rings. The third-order valence-electron chi connectivity index (χ3n) is 3.00. The summed E-state index contributed by atoms with van der Waals surface area (Å²) in [6.07, 6.45) is 1.51. The summed E-state index contributed by atoms with van der Waals surface area (Å²) in [7, 11) is 0. The lowest BCUT2D eigenvalue weighted by Crippen LogP contribution is -2.28. The molecule has 2 rings (SSSR count). The number of carbonyl (C=O) groups is 1. The van der Waals surface area contributed by atoms with Gasteiger partial charge in [-0.05, 0) is 37.1 Å². The molecule has 0 atom stereocenters. The first-order valence-corrected chi connectivity index (χ1v) is 6.85. The molecule has 0 spiro atoms. The predicted molar refractivity (Wildman–Crippen MR) is 79.3 cm³/mol. The van der Waals surface area contributed by atoms with E-state index in [0.717, 1.165) is 0 Å². The Morgan fingerprint density at radius 2 is 1.95 bits per heavy atom. The normalized spacial score (nSPS) is 10.7. The number of nitrogens with one attached hydrogen (secondary N) is 1. The van der Waals surface area contributed by atoms with Gasteiger partial charge in [-0.2, -0.15) is 0 Å². The van der Waals surface area contributed by atoms with Crippen LogP contribution in [0.1, 0.15) is 29.9 Å². The van der Waals surface area contributed by atoms with Crippen LogP contribution in [0.3, 0.4) is 0 Å². The molecule has 1 N–H and O–H groups in total. The topological polar surface area (TPSA) is 54.9 Å². The average molecular weight is 287 g/mol. The number of rotatable bonds is 4. The zero-order valence-corrected chi connectivity index (χ0v) is 12.4. The largest absolute Gasteiger partial charge is 0.352 e. The molecule has 0 aliphatic heterocycles. The van der Waals surface area contributed by atoms with Gasteiger partial charge >= 0.3 is 0 Å². The van der Waals surface area contributed by atoms with Gasteiger partial charge in [-0.15, -0.1) is 0 Å². The molecule has 1 aromatic heterocycles. The number of nitrogens with zero attached hydrogens (tertiary/aromatic N) is 2. The SMILES string of the molecule is Cc1nc(-c2ccc(F)cc2)ncc1C(=O)NCC(C)C. The van der Waals surface area contributed by atoms with Crippen LogP contribution in [0, 0.1) is 18.7 Å². The Bertz CT molecular complexity index is 638. The summed E-state index contributed by atoms with van der Waals surface area (Å²) in [5, 5.41) is 2.84. The number of halogens is 1. The van der Waals surface area contributed by atoms with Crippen molar-refractivity contribution >= 4 is 5.91 Å². The van der Waals surface area contributed by atoms with Crippen molar-refractivity contribution in [1.29, 1.82) is 0 Å². The van der Waals surface area contributed by atoms with E-state index in [2.05, 4.69) is 15.3 Å². The number of hydrogen-bond acceptors (Lipinski definition) is 3. The first kappa shape index (κ1) is 15.1. The van der Waals surface area contributed by atoms with Gasteiger partial charge < -0.3 is 5.32 Å². The number of hydrogen-bond donors (Lipinski definition) is 1. The summed E-state index contributed by atoms with van der Waals surface area (Å²) in [6.45, 7) is 6.43. The monoisotopic (exact) mass is 287 g/mol. The molecule has 21 heavy (non-hydrogen) atoms. The Labute approximate surface area is 123 Å². The van der Waals surface area contributed by atoms with E-state index in [4.69, 9.17) is 0 Å². The highest BCUT2D eigenvalue weighted by Gasteiger charge is 2.12. The van der Waals surface area contributed by atoms with Crippen molar-refractivity contribution in [2.24, 2.45) is 5.92 Å². The molecule has 0 radical (unpaired) electrons. The van der Waals surface area contributed by atoms with E-state index in [0.29, 0.717) is 35.1 Å². The van der Waals surface area contributed by atoms with Crippen LogP contribution >= 0.6 is 0 Å². The van der Waals surface area contributed by atoms with Crippen molar-refractivity contribution < 1.29 is 9.18 Å². The highest BCUT2D eigenvalue weighted by Crippen LogP contribution is 2.16. The van der Waals surface area contributed by atoms with Crippen molar-refractivity contribution in [3.8, 4) is 11.4 Å². The molecule has 1 aromatic carbocycles. The standard InChI is InChI=1S/C16H18FN3O/c1-10(2)8-19-16(21)14-9-18-15(20-11(14)3)12-4-6-13(17)7-5-12/h4-7,9-10H,8H2,1-3H3,(H,19,21). The Morgan fingerprint density at radius 1 is 1.29 bits per heavy atom. The predicted octanol–water partition coefficient (Wildman–Crippen LogP) is 2.98. The lowest BCUT2D eigenvalue weighted by Gasteiger charge is -2.09. The van der Waals surface area contributed by atoms with Crippen LogP contribution in [0.2, 0.25) is 0 Å². The maximum atomic E-state index is 12.9. The number of benzene rings is 1. The minimum atomic E-state index is -0.305. The second kappa shape index (κ2) is 6.43. The molecular weight excluding hydrogens is 269 g/mol. The van der Waals surface area contributed by atoms with Gasteiger partial charge in [-0.25, -0.2) is 14.4 Å². The lowest BCUT2D eigenvalue weighted by molar-refractivity contribution is 0.0947. The fourth-order valence-corrected chi connectivity index (χ4v) is 1.82. The highest BCUT2D eigenvalue weighted by molar-refractivity contribution is 5.95. The molecule has 0 aliphatic rings. The molecule has 1 heterocycles. The third kappa shape index (κ3) is 3.84. The number of amides is 1. The van der Waals surface area contributed by atoms with Crippen molar-refractivity contribution in [2.75, 3.05) is 6.54 Å². The van der Waals surface area contributed by atoms with E-state index >= 15 is 0 Å². The molecule has 110 valence electrons. The molecule has 4 nitrogen and oxygen atoms in total. The molecule has 0 saturated carbocycles. The number of aryl methyl sites for hydroxylation is 1. The zero-order chi connectivity index (χ0) is 15.4. The fraction of sp³-hybridized carbons (Fsp3) is 0.312. The number of carbonyl (C=O) groups excluding carboxylic acids is 1. The molecule has 2 aromatic rings. The lowest BCUT2D eigenvalue weighted by atomic mass is 10.1. The van der Waals surface area contributed by atoms with Crippen molar-refractivity contribution in [3.05, 3.63) is 47.5 Å². The van der Waals surface area contributed by atoms with Gasteiger partial charge in [0.25, 0.3) is 5.91 Å². The molecule has 1 amide bonds. The van der Waals surface area contributed by atoms with Gasteiger partial charge in [0.05, 0.1) is 11.3 Å². The van der Waals surface area contributed by atoms with Crippen LogP contribution in [0.15, 0.2) is 30.5 Å². The van der Waals surface area contributed by atoms with E-state index in [1.165, 1.54) is 18.3 Å². The van der Waals surface area contributed by atoms with Gasteiger partial charge in [0.1, 0.15) is 5.82 Å². The van der Waals surface area contributed by atoms with Crippen LogP contribution in [0.25, 0.3) is 11.4 Å². The summed E-state index contributed by atoms with van der Waals surface area (Å²) in [5.41, 5.74) is 1.78. The molecule has 0 bridgehead atoms.